The molecule has 0 heterocycles. The highest BCUT2D eigenvalue weighted by molar-refractivity contribution is 9.10. The largest absolute Gasteiger partial charge is 0.467 e. The number of carbonyl (C=O) groups is 3. The SMILES string of the molecule is COC(=O)[C@H](Cc1ccccc1Br)NC(=O)[C@H](NC(C)=O)C(C)C. The minimum Gasteiger partial charge on any atom is -0.467 e. The van der Waals surface area contributed by atoms with Crippen LogP contribution in [0.15, 0.2) is 28.7 Å². The van der Waals surface area contributed by atoms with Crippen LogP contribution in [0.1, 0.15) is 26.3 Å². The number of esters is 1. The van der Waals surface area contributed by atoms with Gasteiger partial charge in [0.05, 0.1) is 7.11 Å². The van der Waals surface area contributed by atoms with Crippen molar-refractivity contribution < 1.29 is 19.1 Å². The third-order valence-electron chi connectivity index (χ3n) is 3.49. The summed E-state index contributed by atoms with van der Waals surface area (Å²) in [5.41, 5.74) is 0.869. The predicted molar refractivity (Wildman–Crippen MR) is 94.2 cm³/mol. The second kappa shape index (κ2) is 9.42. The number of hydrogen-bond donors (Lipinski definition) is 2. The number of rotatable bonds is 7. The smallest absolute Gasteiger partial charge is 0.328 e. The van der Waals surface area contributed by atoms with Crippen molar-refractivity contribution in [1.82, 2.24) is 10.6 Å². The lowest BCUT2D eigenvalue weighted by Gasteiger charge is -2.24. The number of hydrogen-bond acceptors (Lipinski definition) is 4. The standard InChI is InChI=1S/C17H23BrN2O4/c1-10(2)15(19-11(3)21)16(22)20-14(17(23)24-4)9-12-7-5-6-8-13(12)18/h5-8,10,14-15H,9H2,1-4H3,(H,19,21)(H,20,22)/t14-,15+/m0/s1. The van der Waals surface area contributed by atoms with Gasteiger partial charge in [-0.2, -0.15) is 0 Å². The third-order valence-corrected chi connectivity index (χ3v) is 4.27. The fourth-order valence-corrected chi connectivity index (χ4v) is 2.68. The first-order chi connectivity index (χ1) is 11.3. The van der Waals surface area contributed by atoms with Crippen molar-refractivity contribution in [3.8, 4) is 0 Å². The van der Waals surface area contributed by atoms with E-state index >= 15 is 0 Å². The normalized spacial score (nSPS) is 13.1. The van der Waals surface area contributed by atoms with Gasteiger partial charge in [-0.25, -0.2) is 4.79 Å². The Morgan fingerprint density at radius 3 is 2.29 bits per heavy atom. The molecule has 2 amide bonds. The maximum Gasteiger partial charge on any atom is 0.328 e. The van der Waals surface area contributed by atoms with Crippen molar-refractivity contribution in [2.75, 3.05) is 7.11 Å². The van der Waals surface area contributed by atoms with Gasteiger partial charge in [-0.05, 0) is 17.5 Å². The Morgan fingerprint density at radius 1 is 1.17 bits per heavy atom. The Morgan fingerprint density at radius 2 is 1.79 bits per heavy atom. The monoisotopic (exact) mass is 398 g/mol. The summed E-state index contributed by atoms with van der Waals surface area (Å²) in [5.74, 6) is -1.37. The van der Waals surface area contributed by atoms with Gasteiger partial charge in [0.2, 0.25) is 11.8 Å². The Balaban J connectivity index is 2.93. The summed E-state index contributed by atoms with van der Waals surface area (Å²) in [6.45, 7) is 4.99. The molecule has 0 aliphatic heterocycles. The highest BCUT2D eigenvalue weighted by atomic mass is 79.9. The van der Waals surface area contributed by atoms with Crippen molar-refractivity contribution in [3.05, 3.63) is 34.3 Å². The Kier molecular flexibility index (Phi) is 7.91. The molecular weight excluding hydrogens is 376 g/mol. The lowest BCUT2D eigenvalue weighted by atomic mass is 10.0. The minimum absolute atomic E-state index is 0.115. The molecule has 0 bridgehead atoms. The van der Waals surface area contributed by atoms with E-state index in [4.69, 9.17) is 4.74 Å². The first kappa shape index (κ1) is 20.2. The highest BCUT2D eigenvalue weighted by Gasteiger charge is 2.29. The quantitative estimate of drug-likeness (QED) is 0.685. The fourth-order valence-electron chi connectivity index (χ4n) is 2.23. The first-order valence-corrected chi connectivity index (χ1v) is 8.44. The van der Waals surface area contributed by atoms with E-state index in [1.807, 2.05) is 38.1 Å². The summed E-state index contributed by atoms with van der Waals surface area (Å²) in [6.07, 6.45) is 0.282. The molecule has 0 aromatic heterocycles. The van der Waals surface area contributed by atoms with Crippen molar-refractivity contribution in [2.45, 2.75) is 39.3 Å². The van der Waals surface area contributed by atoms with E-state index < -0.39 is 24.0 Å². The summed E-state index contributed by atoms with van der Waals surface area (Å²) in [5, 5.41) is 5.29. The van der Waals surface area contributed by atoms with Crippen LogP contribution < -0.4 is 10.6 Å². The van der Waals surface area contributed by atoms with Crippen molar-refractivity contribution in [3.63, 3.8) is 0 Å². The zero-order valence-electron chi connectivity index (χ0n) is 14.3. The molecule has 1 rings (SSSR count). The average Bonchev–Trinajstić information content (AvgIpc) is 2.52. The number of benzene rings is 1. The van der Waals surface area contributed by atoms with Crippen LogP contribution in [-0.2, 0) is 25.5 Å². The minimum atomic E-state index is -0.837. The molecule has 0 saturated heterocycles. The maximum absolute atomic E-state index is 12.5. The fraction of sp³-hybridized carbons (Fsp3) is 0.471. The first-order valence-electron chi connectivity index (χ1n) is 7.65. The summed E-state index contributed by atoms with van der Waals surface area (Å²) in [7, 11) is 1.27. The van der Waals surface area contributed by atoms with Gasteiger partial charge in [0.1, 0.15) is 12.1 Å². The van der Waals surface area contributed by atoms with Crippen LogP contribution >= 0.6 is 15.9 Å². The molecule has 6 nitrogen and oxygen atoms in total. The summed E-state index contributed by atoms with van der Waals surface area (Å²) < 4.78 is 5.63. The van der Waals surface area contributed by atoms with Crippen LogP contribution in [-0.4, -0.2) is 37.0 Å². The van der Waals surface area contributed by atoms with E-state index in [0.29, 0.717) is 0 Å². The molecule has 0 unspecified atom stereocenters. The van der Waals surface area contributed by atoms with Crippen molar-refractivity contribution >= 4 is 33.7 Å². The van der Waals surface area contributed by atoms with E-state index in [9.17, 15) is 14.4 Å². The topological polar surface area (TPSA) is 84.5 Å². The summed E-state index contributed by atoms with van der Waals surface area (Å²) in [4.78, 5) is 35.8. The average molecular weight is 399 g/mol. The molecule has 0 fully saturated rings. The molecule has 0 aliphatic carbocycles. The molecule has 7 heteroatoms. The maximum atomic E-state index is 12.5. The van der Waals surface area contributed by atoms with Gasteiger partial charge in [-0.1, -0.05) is 48.0 Å². The van der Waals surface area contributed by atoms with Crippen LogP contribution in [0.25, 0.3) is 0 Å². The number of nitrogens with one attached hydrogen (secondary N) is 2. The van der Waals surface area contributed by atoms with Gasteiger partial charge in [0.15, 0.2) is 0 Å². The molecule has 2 atom stereocenters. The van der Waals surface area contributed by atoms with Gasteiger partial charge in [0, 0.05) is 17.8 Å². The second-order valence-electron chi connectivity index (χ2n) is 5.80. The van der Waals surface area contributed by atoms with Gasteiger partial charge in [0.25, 0.3) is 0 Å². The van der Waals surface area contributed by atoms with Gasteiger partial charge < -0.3 is 15.4 Å². The molecule has 1 aromatic rings. The Bertz CT molecular complexity index is 604. The molecule has 132 valence electrons. The third kappa shape index (κ3) is 5.96. The molecule has 0 saturated carbocycles. The van der Waals surface area contributed by atoms with Crippen molar-refractivity contribution in [1.29, 1.82) is 0 Å². The van der Waals surface area contributed by atoms with E-state index in [1.165, 1.54) is 14.0 Å². The Labute approximate surface area is 150 Å². The lowest BCUT2D eigenvalue weighted by Crippen LogP contribution is -2.54. The molecule has 0 radical (unpaired) electrons. The van der Waals surface area contributed by atoms with Crippen LogP contribution in [0.2, 0.25) is 0 Å². The molecule has 1 aromatic carbocycles. The van der Waals surface area contributed by atoms with Crippen LogP contribution in [0.5, 0.6) is 0 Å². The van der Waals surface area contributed by atoms with E-state index in [2.05, 4.69) is 26.6 Å². The Hall–Kier alpha value is -1.89. The van der Waals surface area contributed by atoms with E-state index in [0.717, 1.165) is 10.0 Å². The van der Waals surface area contributed by atoms with Crippen LogP contribution in [0.3, 0.4) is 0 Å². The molecular formula is C17H23BrN2O4. The predicted octanol–water partition coefficient (Wildman–Crippen LogP) is 1.81. The number of ether oxygens (including phenoxy) is 1. The second-order valence-corrected chi connectivity index (χ2v) is 6.66. The lowest BCUT2D eigenvalue weighted by molar-refractivity contribution is -0.145. The van der Waals surface area contributed by atoms with Gasteiger partial charge in [-0.15, -0.1) is 0 Å². The zero-order valence-corrected chi connectivity index (χ0v) is 15.8. The number of carbonyl (C=O) groups excluding carboxylic acids is 3. The summed E-state index contributed by atoms with van der Waals surface area (Å²) >= 11 is 3.43. The molecule has 0 spiro atoms. The van der Waals surface area contributed by atoms with Crippen LogP contribution in [0.4, 0.5) is 0 Å². The number of methoxy groups -OCH3 is 1. The van der Waals surface area contributed by atoms with Crippen LogP contribution in [0, 0.1) is 5.92 Å². The van der Waals surface area contributed by atoms with E-state index in [1.54, 1.807) is 0 Å². The number of halogens is 1. The molecule has 0 aliphatic rings. The molecule has 2 N–H and O–H groups in total. The highest BCUT2D eigenvalue weighted by Crippen LogP contribution is 2.18. The summed E-state index contributed by atoms with van der Waals surface area (Å²) in [6, 6.07) is 5.89. The zero-order chi connectivity index (χ0) is 18.3. The van der Waals surface area contributed by atoms with Gasteiger partial charge >= 0.3 is 5.97 Å². The van der Waals surface area contributed by atoms with Crippen molar-refractivity contribution in [2.24, 2.45) is 5.92 Å². The number of amides is 2. The molecule has 24 heavy (non-hydrogen) atoms. The van der Waals surface area contributed by atoms with Gasteiger partial charge in [-0.3, -0.25) is 9.59 Å². The van der Waals surface area contributed by atoms with E-state index in [-0.39, 0.29) is 18.2 Å².